The van der Waals surface area contributed by atoms with E-state index in [0.29, 0.717) is 5.39 Å². The molecular weight excluding hydrogens is 590 g/mol. The first kappa shape index (κ1) is 26.7. The zero-order chi connectivity index (χ0) is 26.3. The lowest BCUT2D eigenvalue weighted by atomic mass is 10.1. The Balaban J connectivity index is 1.76. The first-order valence-electron chi connectivity index (χ1n) is 9.98. The van der Waals surface area contributed by atoms with Gasteiger partial charge in [-0.3, -0.25) is 9.44 Å². The van der Waals surface area contributed by atoms with Crippen LogP contribution in [0.4, 0.5) is 11.4 Å². The maximum atomic E-state index is 13.4. The van der Waals surface area contributed by atoms with Crippen LogP contribution >= 0.6 is 46.4 Å². The van der Waals surface area contributed by atoms with Crippen LogP contribution in [0.5, 0.6) is 5.75 Å². The van der Waals surface area contributed by atoms with Crippen molar-refractivity contribution in [3.8, 4) is 5.75 Å². The standard InChI is InChI=1S/C23H16Cl4N2O5S2/c1-34-22-9-2-13-10-16(35(30,31)28-14-3-7-18(24)20(26)11-14)5-6-17(13)23(22)36(32,33)29-15-4-8-19(25)21(27)12-15/h2-12,28-29H,1H3. The van der Waals surface area contributed by atoms with Crippen molar-refractivity contribution in [1.82, 2.24) is 0 Å². The molecule has 0 radical (unpaired) electrons. The number of hydrogen-bond donors (Lipinski definition) is 2. The van der Waals surface area contributed by atoms with Gasteiger partial charge in [0.25, 0.3) is 20.0 Å². The minimum absolute atomic E-state index is 0.0691. The van der Waals surface area contributed by atoms with Crippen LogP contribution < -0.4 is 14.2 Å². The number of benzene rings is 4. The second-order valence-corrected chi connectivity index (χ2v) is 12.4. The van der Waals surface area contributed by atoms with Crippen molar-refractivity contribution >= 4 is 88.6 Å². The van der Waals surface area contributed by atoms with Gasteiger partial charge < -0.3 is 4.74 Å². The quantitative estimate of drug-likeness (QED) is 0.235. The van der Waals surface area contributed by atoms with Gasteiger partial charge in [-0.15, -0.1) is 0 Å². The van der Waals surface area contributed by atoms with Crippen molar-refractivity contribution in [2.45, 2.75) is 9.79 Å². The summed E-state index contributed by atoms with van der Waals surface area (Å²) in [6.45, 7) is 0. The number of nitrogens with one attached hydrogen (secondary N) is 2. The molecule has 0 saturated heterocycles. The molecule has 13 heteroatoms. The van der Waals surface area contributed by atoms with Gasteiger partial charge in [-0.1, -0.05) is 58.5 Å². The van der Waals surface area contributed by atoms with Gasteiger partial charge in [-0.05, 0) is 60.0 Å². The fraction of sp³-hybridized carbons (Fsp3) is 0.0435. The summed E-state index contributed by atoms with van der Waals surface area (Å²) in [5, 5.41) is 1.50. The summed E-state index contributed by atoms with van der Waals surface area (Å²) in [6, 6.07) is 15.6. The molecule has 36 heavy (non-hydrogen) atoms. The first-order valence-corrected chi connectivity index (χ1v) is 14.5. The van der Waals surface area contributed by atoms with Crippen LogP contribution in [0.3, 0.4) is 0 Å². The van der Waals surface area contributed by atoms with Crippen LogP contribution in [0.25, 0.3) is 10.8 Å². The van der Waals surface area contributed by atoms with Gasteiger partial charge in [0.2, 0.25) is 0 Å². The molecule has 0 aliphatic heterocycles. The van der Waals surface area contributed by atoms with E-state index in [0.717, 1.165) is 0 Å². The zero-order valence-electron chi connectivity index (χ0n) is 18.2. The molecule has 0 heterocycles. The van der Waals surface area contributed by atoms with Crippen LogP contribution in [0, 0.1) is 0 Å². The number of rotatable bonds is 7. The summed E-state index contributed by atoms with van der Waals surface area (Å²) in [5.41, 5.74) is 0.404. The molecule has 188 valence electrons. The van der Waals surface area contributed by atoms with E-state index >= 15 is 0 Å². The smallest absolute Gasteiger partial charge is 0.266 e. The summed E-state index contributed by atoms with van der Waals surface area (Å²) in [5.74, 6) is 0.0691. The second-order valence-electron chi connectivity index (χ2n) is 7.45. The average Bonchev–Trinajstić information content (AvgIpc) is 2.82. The summed E-state index contributed by atoms with van der Waals surface area (Å²) in [4.78, 5) is -0.262. The summed E-state index contributed by atoms with van der Waals surface area (Å²) >= 11 is 23.8. The van der Waals surface area contributed by atoms with Crippen molar-refractivity contribution in [3.63, 3.8) is 0 Å². The lowest BCUT2D eigenvalue weighted by Crippen LogP contribution is -2.15. The van der Waals surface area contributed by atoms with Gasteiger partial charge >= 0.3 is 0 Å². The number of fused-ring (bicyclic) bond motifs is 1. The molecule has 4 rings (SSSR count). The number of ether oxygens (including phenoxy) is 1. The lowest BCUT2D eigenvalue weighted by molar-refractivity contribution is 0.404. The molecule has 7 nitrogen and oxygen atoms in total. The van der Waals surface area contributed by atoms with Crippen LogP contribution in [0.15, 0.2) is 76.5 Å². The maximum absolute atomic E-state index is 13.4. The fourth-order valence-electron chi connectivity index (χ4n) is 3.40. The Morgan fingerprint density at radius 2 is 1.19 bits per heavy atom. The molecule has 0 saturated carbocycles. The van der Waals surface area contributed by atoms with Crippen LogP contribution in [-0.2, 0) is 20.0 Å². The third kappa shape index (κ3) is 5.46. The minimum atomic E-state index is -4.19. The Hall–Kier alpha value is -2.40. The van der Waals surface area contributed by atoms with Gasteiger partial charge in [-0.2, -0.15) is 0 Å². The highest BCUT2D eigenvalue weighted by Gasteiger charge is 2.25. The minimum Gasteiger partial charge on any atom is -0.495 e. The summed E-state index contributed by atoms with van der Waals surface area (Å²) in [6.07, 6.45) is 0. The van der Waals surface area contributed by atoms with Crippen LogP contribution in [0.2, 0.25) is 20.1 Å². The van der Waals surface area contributed by atoms with E-state index in [9.17, 15) is 16.8 Å². The molecule has 0 aliphatic carbocycles. The monoisotopic (exact) mass is 604 g/mol. The number of anilines is 2. The van der Waals surface area contributed by atoms with Gasteiger partial charge in [0.05, 0.1) is 43.5 Å². The van der Waals surface area contributed by atoms with Gasteiger partial charge in [0.15, 0.2) is 0 Å². The Bertz CT molecular complexity index is 1710. The van der Waals surface area contributed by atoms with E-state index in [4.69, 9.17) is 51.1 Å². The predicted molar refractivity (Wildman–Crippen MR) is 145 cm³/mol. The largest absolute Gasteiger partial charge is 0.495 e. The maximum Gasteiger partial charge on any atom is 0.266 e. The SMILES string of the molecule is COc1ccc2cc(S(=O)(=O)Nc3ccc(Cl)c(Cl)c3)ccc2c1S(=O)(=O)Nc1ccc(Cl)c(Cl)c1. The number of methoxy groups -OCH3 is 1. The molecule has 0 amide bonds. The first-order chi connectivity index (χ1) is 16.9. The molecule has 4 aromatic rings. The molecule has 2 N–H and O–H groups in total. The topological polar surface area (TPSA) is 102 Å². The number of hydrogen-bond acceptors (Lipinski definition) is 5. The van der Waals surface area contributed by atoms with Crippen LogP contribution in [0.1, 0.15) is 0 Å². The highest BCUT2D eigenvalue weighted by molar-refractivity contribution is 7.93. The van der Waals surface area contributed by atoms with Gasteiger partial charge in [-0.25, -0.2) is 16.8 Å². The van der Waals surface area contributed by atoms with Gasteiger partial charge in [0.1, 0.15) is 10.6 Å². The molecule has 0 aromatic heterocycles. The van der Waals surface area contributed by atoms with E-state index in [1.165, 1.54) is 67.8 Å². The molecule has 0 fully saturated rings. The number of halogens is 4. The van der Waals surface area contributed by atoms with E-state index in [1.807, 2.05) is 0 Å². The number of sulfonamides is 2. The Morgan fingerprint density at radius 3 is 1.72 bits per heavy atom. The fourth-order valence-corrected chi connectivity index (χ4v) is 6.52. The van der Waals surface area contributed by atoms with Crippen molar-refractivity contribution in [1.29, 1.82) is 0 Å². The average molecular weight is 606 g/mol. The Kier molecular flexibility index (Phi) is 7.52. The normalized spacial score (nSPS) is 11.9. The van der Waals surface area contributed by atoms with E-state index in [-0.39, 0.29) is 52.4 Å². The van der Waals surface area contributed by atoms with Gasteiger partial charge in [0, 0.05) is 5.39 Å². The highest BCUT2D eigenvalue weighted by Crippen LogP contribution is 2.36. The zero-order valence-corrected chi connectivity index (χ0v) is 22.9. The molecule has 0 spiro atoms. The highest BCUT2D eigenvalue weighted by atomic mass is 35.5. The molecule has 0 bridgehead atoms. The lowest BCUT2D eigenvalue weighted by Gasteiger charge is -2.15. The molecular formula is C23H16Cl4N2O5S2. The molecule has 0 aliphatic rings. The van der Waals surface area contributed by atoms with E-state index in [2.05, 4.69) is 9.44 Å². The van der Waals surface area contributed by atoms with Crippen LogP contribution in [-0.4, -0.2) is 23.9 Å². The summed E-state index contributed by atoms with van der Waals surface area (Å²) < 4.78 is 62.8. The predicted octanol–water partition coefficient (Wildman–Crippen LogP) is 7.06. The Labute approximate surface area is 228 Å². The van der Waals surface area contributed by atoms with Crippen molar-refractivity contribution in [2.24, 2.45) is 0 Å². The van der Waals surface area contributed by atoms with Crippen molar-refractivity contribution < 1.29 is 21.6 Å². The van der Waals surface area contributed by atoms with Crippen molar-refractivity contribution in [3.05, 3.63) is 86.8 Å². The molecule has 4 aromatic carbocycles. The molecule has 0 unspecified atom stereocenters. The molecule has 0 atom stereocenters. The second kappa shape index (κ2) is 10.2. The van der Waals surface area contributed by atoms with E-state index < -0.39 is 20.0 Å². The third-order valence-electron chi connectivity index (χ3n) is 5.05. The Morgan fingerprint density at radius 1 is 0.639 bits per heavy atom. The van der Waals surface area contributed by atoms with E-state index in [1.54, 1.807) is 6.07 Å². The third-order valence-corrected chi connectivity index (χ3v) is 9.37. The van der Waals surface area contributed by atoms with Crippen molar-refractivity contribution in [2.75, 3.05) is 16.6 Å². The summed E-state index contributed by atoms with van der Waals surface area (Å²) in [7, 11) is -6.89.